The van der Waals surface area contributed by atoms with Crippen molar-refractivity contribution in [3.63, 3.8) is 0 Å². The third-order valence-electron chi connectivity index (χ3n) is 6.08. The predicted octanol–water partition coefficient (Wildman–Crippen LogP) is 6.31. The number of aldehydes is 1. The van der Waals surface area contributed by atoms with Gasteiger partial charge in [0.2, 0.25) is 0 Å². The molecule has 0 aliphatic heterocycles. The van der Waals surface area contributed by atoms with E-state index in [-0.39, 0.29) is 5.78 Å². The van der Waals surface area contributed by atoms with Crippen LogP contribution in [0.4, 0.5) is 0 Å². The van der Waals surface area contributed by atoms with Crippen LogP contribution in [-0.4, -0.2) is 19.2 Å². The van der Waals surface area contributed by atoms with Gasteiger partial charge in [-0.2, -0.15) is 0 Å². The number of methoxy groups -OCH3 is 1. The molecule has 0 aromatic heterocycles. The van der Waals surface area contributed by atoms with E-state index >= 15 is 0 Å². The Labute approximate surface area is 174 Å². The quantitative estimate of drug-likeness (QED) is 0.384. The van der Waals surface area contributed by atoms with Crippen molar-refractivity contribution >= 4 is 39.7 Å². The highest BCUT2D eigenvalue weighted by atomic mass is 16.5. The Morgan fingerprint density at radius 1 is 0.833 bits per heavy atom. The van der Waals surface area contributed by atoms with E-state index in [2.05, 4.69) is 38.1 Å². The molecule has 0 amide bonds. The number of allylic oxidation sites excluding steroid dienone is 1. The summed E-state index contributed by atoms with van der Waals surface area (Å²) in [6.45, 7) is 4.19. The lowest BCUT2D eigenvalue weighted by molar-refractivity contribution is 0.104. The lowest BCUT2D eigenvalue weighted by Gasteiger charge is -2.20. The minimum atomic E-state index is -0.0969. The fraction of sp³-hybridized carbons (Fsp3) is 0.111. The minimum absolute atomic E-state index is 0.0969. The van der Waals surface area contributed by atoms with Crippen LogP contribution in [0.2, 0.25) is 0 Å². The van der Waals surface area contributed by atoms with Crippen LogP contribution in [0.5, 0.6) is 5.75 Å². The summed E-state index contributed by atoms with van der Waals surface area (Å²) in [6, 6.07) is 16.1. The largest absolute Gasteiger partial charge is 0.496 e. The fourth-order valence-electron chi connectivity index (χ4n) is 4.54. The lowest BCUT2D eigenvalue weighted by Crippen LogP contribution is -2.06. The molecule has 0 bridgehead atoms. The van der Waals surface area contributed by atoms with Gasteiger partial charge in [-0.05, 0) is 71.1 Å². The van der Waals surface area contributed by atoms with E-state index in [0.717, 1.165) is 39.1 Å². The summed E-state index contributed by atoms with van der Waals surface area (Å²) in [5, 5.41) is 3.99. The molecule has 1 aliphatic carbocycles. The Balaban J connectivity index is 1.96. The van der Waals surface area contributed by atoms with Gasteiger partial charge in [-0.25, -0.2) is 0 Å². The highest BCUT2D eigenvalue weighted by molar-refractivity contribution is 6.24. The molecule has 0 radical (unpaired) electrons. The third-order valence-corrected chi connectivity index (χ3v) is 6.08. The number of carbonyl (C=O) groups excluding carboxylic acids is 2. The van der Waals surface area contributed by atoms with E-state index in [1.165, 1.54) is 16.5 Å². The maximum absolute atomic E-state index is 12.6. The zero-order valence-electron chi connectivity index (χ0n) is 17.1. The molecule has 0 fully saturated rings. The zero-order chi connectivity index (χ0) is 21.0. The van der Waals surface area contributed by atoms with Crippen molar-refractivity contribution in [2.45, 2.75) is 13.8 Å². The highest BCUT2D eigenvalue weighted by Gasteiger charge is 2.23. The molecule has 1 aliphatic rings. The van der Waals surface area contributed by atoms with Gasteiger partial charge in [-0.15, -0.1) is 0 Å². The van der Waals surface area contributed by atoms with Crippen LogP contribution in [0, 0.1) is 13.8 Å². The molecule has 30 heavy (non-hydrogen) atoms. The molecular formula is C27H20O3. The molecule has 3 nitrogen and oxygen atoms in total. The van der Waals surface area contributed by atoms with E-state index in [1.54, 1.807) is 19.3 Å². The average Bonchev–Trinajstić information content (AvgIpc) is 2.78. The average molecular weight is 392 g/mol. The summed E-state index contributed by atoms with van der Waals surface area (Å²) in [6.07, 6.45) is 4.21. The Morgan fingerprint density at radius 3 is 2.33 bits per heavy atom. The number of ketones is 1. The van der Waals surface area contributed by atoms with Crippen LogP contribution in [0.25, 0.3) is 38.7 Å². The highest BCUT2D eigenvalue weighted by Crippen LogP contribution is 2.43. The molecule has 0 N–H and O–H groups in total. The smallest absolute Gasteiger partial charge is 0.186 e. The number of aryl methyl sites for hydroxylation is 2. The molecule has 3 heteroatoms. The summed E-state index contributed by atoms with van der Waals surface area (Å²) in [4.78, 5) is 24.7. The Kier molecular flexibility index (Phi) is 4.07. The van der Waals surface area contributed by atoms with Gasteiger partial charge in [-0.1, -0.05) is 36.4 Å². The van der Waals surface area contributed by atoms with Crippen molar-refractivity contribution < 1.29 is 14.3 Å². The maximum Gasteiger partial charge on any atom is 0.186 e. The van der Waals surface area contributed by atoms with Crippen LogP contribution in [0.15, 0.2) is 54.6 Å². The van der Waals surface area contributed by atoms with Crippen molar-refractivity contribution in [2.24, 2.45) is 0 Å². The number of fused-ring (bicyclic) bond motifs is 1. The second-order valence-corrected chi connectivity index (χ2v) is 7.77. The zero-order valence-corrected chi connectivity index (χ0v) is 17.1. The second-order valence-electron chi connectivity index (χ2n) is 7.77. The van der Waals surface area contributed by atoms with Crippen LogP contribution in [0.3, 0.4) is 0 Å². The standard InChI is InChI=1S/C27H20O3/c1-15-4-5-16(2)21-12-18(6-9-20(15)21)25-19(14-28)13-22-23(29)10-7-17-8-11-24(30-3)27(25)26(17)22/h4-14H,1-3H3. The molecule has 146 valence electrons. The third kappa shape index (κ3) is 2.52. The molecule has 0 saturated heterocycles. The van der Waals surface area contributed by atoms with E-state index in [1.807, 2.05) is 24.3 Å². The molecule has 4 aromatic rings. The minimum Gasteiger partial charge on any atom is -0.496 e. The second kappa shape index (κ2) is 6.67. The molecular weight excluding hydrogens is 372 g/mol. The van der Waals surface area contributed by atoms with E-state index in [4.69, 9.17) is 4.74 Å². The maximum atomic E-state index is 12.6. The number of hydrogen-bond donors (Lipinski definition) is 0. The van der Waals surface area contributed by atoms with Gasteiger partial charge in [-0.3, -0.25) is 9.59 Å². The molecule has 0 atom stereocenters. The summed E-state index contributed by atoms with van der Waals surface area (Å²) in [7, 11) is 1.61. The Hall–Kier alpha value is -3.72. The van der Waals surface area contributed by atoms with Crippen LogP contribution < -0.4 is 4.74 Å². The summed E-state index contributed by atoms with van der Waals surface area (Å²) in [5.74, 6) is 0.554. The van der Waals surface area contributed by atoms with Crippen LogP contribution in [0.1, 0.15) is 37.4 Å². The monoisotopic (exact) mass is 392 g/mol. The first-order valence-corrected chi connectivity index (χ1v) is 9.89. The predicted molar refractivity (Wildman–Crippen MR) is 122 cm³/mol. The lowest BCUT2D eigenvalue weighted by atomic mass is 9.84. The number of hydrogen-bond acceptors (Lipinski definition) is 3. The number of ether oxygens (including phenoxy) is 1. The Bertz CT molecular complexity index is 1420. The van der Waals surface area contributed by atoms with Crippen molar-refractivity contribution in [3.8, 4) is 16.9 Å². The van der Waals surface area contributed by atoms with Crippen molar-refractivity contribution in [3.05, 3.63) is 82.4 Å². The molecule has 5 rings (SSSR count). The van der Waals surface area contributed by atoms with Crippen molar-refractivity contribution in [1.82, 2.24) is 0 Å². The molecule has 0 unspecified atom stereocenters. The summed E-state index contributed by atoms with van der Waals surface area (Å²) < 4.78 is 5.68. The topological polar surface area (TPSA) is 43.4 Å². The van der Waals surface area contributed by atoms with Gasteiger partial charge in [0, 0.05) is 27.5 Å². The Morgan fingerprint density at radius 2 is 1.60 bits per heavy atom. The summed E-state index contributed by atoms with van der Waals surface area (Å²) in [5.41, 5.74) is 6.10. The normalized spacial score (nSPS) is 12.6. The van der Waals surface area contributed by atoms with Gasteiger partial charge < -0.3 is 4.74 Å². The van der Waals surface area contributed by atoms with Gasteiger partial charge in [0.15, 0.2) is 12.1 Å². The van der Waals surface area contributed by atoms with Crippen molar-refractivity contribution in [2.75, 3.05) is 7.11 Å². The first-order valence-electron chi connectivity index (χ1n) is 9.89. The van der Waals surface area contributed by atoms with Gasteiger partial charge in [0.25, 0.3) is 0 Å². The first kappa shape index (κ1) is 18.3. The molecule has 4 aromatic carbocycles. The van der Waals surface area contributed by atoms with Crippen LogP contribution in [-0.2, 0) is 0 Å². The number of rotatable bonds is 3. The number of carbonyl (C=O) groups is 2. The molecule has 0 heterocycles. The van der Waals surface area contributed by atoms with E-state index < -0.39 is 0 Å². The van der Waals surface area contributed by atoms with Crippen molar-refractivity contribution in [1.29, 1.82) is 0 Å². The van der Waals surface area contributed by atoms with Gasteiger partial charge in [0.1, 0.15) is 5.75 Å². The van der Waals surface area contributed by atoms with E-state index in [0.29, 0.717) is 16.9 Å². The van der Waals surface area contributed by atoms with Gasteiger partial charge in [0.05, 0.1) is 7.11 Å². The fourth-order valence-corrected chi connectivity index (χ4v) is 4.54. The van der Waals surface area contributed by atoms with Gasteiger partial charge >= 0.3 is 0 Å². The van der Waals surface area contributed by atoms with Crippen LogP contribution >= 0.6 is 0 Å². The molecule has 0 saturated carbocycles. The SMILES string of the molecule is COc1ccc2c3c(cc(C=O)c(-c4ccc5c(C)ccc(C)c5c4)c13)C(=O)C=C2. The first-order chi connectivity index (χ1) is 14.5. The van der Waals surface area contributed by atoms with E-state index in [9.17, 15) is 9.59 Å². The summed E-state index contributed by atoms with van der Waals surface area (Å²) >= 11 is 0. The molecule has 0 spiro atoms. The number of benzene rings is 4.